The van der Waals surface area contributed by atoms with E-state index in [1.807, 2.05) is 6.07 Å². The Hall–Kier alpha value is -2.37. The minimum atomic E-state index is -0.999. The van der Waals surface area contributed by atoms with Gasteiger partial charge in [-0.3, -0.25) is 9.80 Å². The summed E-state index contributed by atoms with van der Waals surface area (Å²) < 4.78 is 0. The third-order valence-electron chi connectivity index (χ3n) is 2.71. The Morgan fingerprint density at radius 3 is 2.61 bits per heavy atom. The summed E-state index contributed by atoms with van der Waals surface area (Å²) in [6.45, 7) is 0. The van der Waals surface area contributed by atoms with E-state index in [1.54, 1.807) is 24.3 Å². The molecular weight excluding hydrogens is 234 g/mol. The molecule has 94 valence electrons. The van der Waals surface area contributed by atoms with E-state index in [0.717, 1.165) is 0 Å². The molecule has 1 unspecified atom stereocenters. The molecular formula is C12H13N3O3. The summed E-state index contributed by atoms with van der Waals surface area (Å²) in [5.74, 6) is -1.35. The number of carbonyl (C=O) groups is 2. The van der Waals surface area contributed by atoms with Gasteiger partial charge in [0, 0.05) is 13.5 Å². The van der Waals surface area contributed by atoms with E-state index >= 15 is 0 Å². The van der Waals surface area contributed by atoms with Crippen molar-refractivity contribution in [3.8, 4) is 0 Å². The van der Waals surface area contributed by atoms with Crippen LogP contribution < -0.4 is 10.3 Å². The number of carboxylic acid groups (broad SMARTS) is 1. The summed E-state index contributed by atoms with van der Waals surface area (Å²) in [5, 5.41) is 17.1. The van der Waals surface area contributed by atoms with Gasteiger partial charge >= 0.3 is 5.97 Å². The van der Waals surface area contributed by atoms with Crippen LogP contribution in [-0.2, 0) is 9.59 Å². The number of hydrogen-bond acceptors (Lipinski definition) is 4. The fourth-order valence-electron chi connectivity index (χ4n) is 1.80. The molecule has 0 aromatic heterocycles. The largest absolute Gasteiger partial charge is 0.480 e. The lowest BCUT2D eigenvalue weighted by Gasteiger charge is -2.19. The highest BCUT2D eigenvalue weighted by Crippen LogP contribution is 2.24. The molecule has 0 saturated carbocycles. The minimum Gasteiger partial charge on any atom is -0.480 e. The smallest absolute Gasteiger partial charge is 0.328 e. The first-order valence-electron chi connectivity index (χ1n) is 5.50. The first kappa shape index (κ1) is 12.1. The van der Waals surface area contributed by atoms with Gasteiger partial charge < -0.3 is 10.4 Å². The van der Waals surface area contributed by atoms with Crippen LogP contribution in [0.25, 0.3) is 0 Å². The molecule has 18 heavy (non-hydrogen) atoms. The van der Waals surface area contributed by atoms with Crippen molar-refractivity contribution in [2.45, 2.75) is 12.5 Å². The number of carbonyl (C=O) groups excluding carboxylic acids is 1. The van der Waals surface area contributed by atoms with Crippen LogP contribution in [0.4, 0.5) is 5.69 Å². The Balaban J connectivity index is 2.33. The van der Waals surface area contributed by atoms with Crippen molar-refractivity contribution in [2.24, 2.45) is 5.10 Å². The van der Waals surface area contributed by atoms with Crippen LogP contribution in [0.2, 0.25) is 0 Å². The Morgan fingerprint density at radius 2 is 2.06 bits per heavy atom. The van der Waals surface area contributed by atoms with Gasteiger partial charge in [-0.15, -0.1) is 0 Å². The molecule has 6 nitrogen and oxygen atoms in total. The number of para-hydroxylation sites is 1. The fraction of sp³-hybridized carbons (Fsp3) is 0.250. The summed E-state index contributed by atoms with van der Waals surface area (Å²) >= 11 is 0. The van der Waals surface area contributed by atoms with Gasteiger partial charge in [-0.05, 0) is 12.1 Å². The van der Waals surface area contributed by atoms with Crippen LogP contribution in [0.1, 0.15) is 6.42 Å². The van der Waals surface area contributed by atoms with Crippen molar-refractivity contribution in [3.63, 3.8) is 0 Å². The molecule has 0 saturated heterocycles. The van der Waals surface area contributed by atoms with Gasteiger partial charge in [0.1, 0.15) is 5.71 Å². The molecule has 1 atom stereocenters. The van der Waals surface area contributed by atoms with Crippen molar-refractivity contribution in [3.05, 3.63) is 30.3 Å². The number of carboxylic acids is 1. The minimum absolute atomic E-state index is 0.101. The van der Waals surface area contributed by atoms with E-state index in [4.69, 9.17) is 0 Å². The lowest BCUT2D eigenvalue weighted by atomic mass is 10.1. The highest BCUT2D eigenvalue weighted by atomic mass is 16.4. The SMILES string of the molecule is CNC(=O)C1=NN(c2ccccc2)C(C(=O)O)C1. The molecule has 0 spiro atoms. The third-order valence-corrected chi connectivity index (χ3v) is 2.71. The molecule has 6 heteroatoms. The fourth-order valence-corrected chi connectivity index (χ4v) is 1.80. The van der Waals surface area contributed by atoms with E-state index in [1.165, 1.54) is 12.1 Å². The van der Waals surface area contributed by atoms with Crippen LogP contribution in [0, 0.1) is 0 Å². The van der Waals surface area contributed by atoms with E-state index < -0.39 is 12.0 Å². The zero-order valence-electron chi connectivity index (χ0n) is 9.83. The molecule has 1 aromatic rings. The molecule has 1 amide bonds. The second kappa shape index (κ2) is 4.87. The molecule has 0 fully saturated rings. The predicted octanol–water partition coefficient (Wildman–Crippen LogP) is 0.452. The zero-order chi connectivity index (χ0) is 13.1. The Morgan fingerprint density at radius 1 is 1.39 bits per heavy atom. The number of hydrazone groups is 1. The van der Waals surface area contributed by atoms with Crippen molar-refractivity contribution >= 4 is 23.3 Å². The second-order valence-electron chi connectivity index (χ2n) is 3.86. The standard InChI is InChI=1S/C12H13N3O3/c1-13-11(16)9-7-10(12(17)18)15(14-9)8-5-3-2-4-6-8/h2-6,10H,7H2,1H3,(H,13,16)(H,17,18). The highest BCUT2D eigenvalue weighted by Gasteiger charge is 2.35. The van der Waals surface area contributed by atoms with E-state index in [9.17, 15) is 14.7 Å². The number of aliphatic carboxylic acids is 1. The van der Waals surface area contributed by atoms with Gasteiger partial charge in [0.25, 0.3) is 5.91 Å². The van der Waals surface area contributed by atoms with Crippen molar-refractivity contribution in [1.82, 2.24) is 5.32 Å². The maximum atomic E-state index is 11.5. The summed E-state index contributed by atoms with van der Waals surface area (Å²) in [7, 11) is 1.49. The Kier molecular flexibility index (Phi) is 3.27. The summed E-state index contributed by atoms with van der Waals surface area (Å²) in [6, 6.07) is 8.10. The van der Waals surface area contributed by atoms with Crippen LogP contribution in [0.5, 0.6) is 0 Å². The maximum Gasteiger partial charge on any atom is 0.328 e. The first-order chi connectivity index (χ1) is 8.63. The van der Waals surface area contributed by atoms with Gasteiger partial charge in [-0.1, -0.05) is 18.2 Å². The number of nitrogens with one attached hydrogen (secondary N) is 1. The van der Waals surface area contributed by atoms with Crippen molar-refractivity contribution in [2.75, 3.05) is 12.1 Å². The summed E-state index contributed by atoms with van der Waals surface area (Å²) in [6.07, 6.45) is 0.101. The molecule has 1 aliphatic rings. The normalized spacial score (nSPS) is 18.4. The summed E-state index contributed by atoms with van der Waals surface area (Å²) in [4.78, 5) is 22.7. The van der Waals surface area contributed by atoms with Crippen LogP contribution >= 0.6 is 0 Å². The molecule has 1 aliphatic heterocycles. The van der Waals surface area contributed by atoms with E-state index in [2.05, 4.69) is 10.4 Å². The molecule has 0 radical (unpaired) electrons. The predicted molar refractivity (Wildman–Crippen MR) is 66.5 cm³/mol. The lowest BCUT2D eigenvalue weighted by Crippen LogP contribution is -2.35. The third kappa shape index (κ3) is 2.17. The topological polar surface area (TPSA) is 82.0 Å². The average Bonchev–Trinajstić information content (AvgIpc) is 2.84. The van der Waals surface area contributed by atoms with Gasteiger partial charge in [0.05, 0.1) is 5.69 Å². The van der Waals surface area contributed by atoms with Crippen LogP contribution in [0.3, 0.4) is 0 Å². The molecule has 0 bridgehead atoms. The zero-order valence-corrected chi connectivity index (χ0v) is 9.83. The number of rotatable bonds is 3. The first-order valence-corrected chi connectivity index (χ1v) is 5.50. The van der Waals surface area contributed by atoms with Crippen LogP contribution in [-0.4, -0.2) is 35.8 Å². The monoisotopic (exact) mass is 247 g/mol. The Labute approximate surface area is 104 Å². The molecule has 2 N–H and O–H groups in total. The Bertz CT molecular complexity index is 499. The number of nitrogens with zero attached hydrogens (tertiary/aromatic N) is 2. The quantitative estimate of drug-likeness (QED) is 0.812. The lowest BCUT2D eigenvalue weighted by molar-refractivity contribution is -0.138. The van der Waals surface area contributed by atoms with Crippen molar-refractivity contribution < 1.29 is 14.7 Å². The number of benzene rings is 1. The van der Waals surface area contributed by atoms with Gasteiger partial charge in [-0.2, -0.15) is 5.10 Å². The van der Waals surface area contributed by atoms with E-state index in [0.29, 0.717) is 5.69 Å². The molecule has 2 rings (SSSR count). The summed E-state index contributed by atoms with van der Waals surface area (Å²) in [5.41, 5.74) is 0.887. The van der Waals surface area contributed by atoms with Gasteiger partial charge in [0.2, 0.25) is 0 Å². The average molecular weight is 247 g/mol. The number of amides is 1. The number of anilines is 1. The highest BCUT2D eigenvalue weighted by molar-refractivity contribution is 6.40. The van der Waals surface area contributed by atoms with Gasteiger partial charge in [-0.25, -0.2) is 4.79 Å². The molecule has 0 aliphatic carbocycles. The van der Waals surface area contributed by atoms with Crippen LogP contribution in [0.15, 0.2) is 35.4 Å². The molecule has 1 aromatic carbocycles. The maximum absolute atomic E-state index is 11.5. The number of hydrogen-bond donors (Lipinski definition) is 2. The van der Waals surface area contributed by atoms with Gasteiger partial charge in [0.15, 0.2) is 6.04 Å². The van der Waals surface area contributed by atoms with E-state index in [-0.39, 0.29) is 18.0 Å². The second-order valence-corrected chi connectivity index (χ2v) is 3.86. The molecule has 1 heterocycles. The van der Waals surface area contributed by atoms with Crippen molar-refractivity contribution in [1.29, 1.82) is 0 Å².